The SMILES string of the molecule is COc1ccc(O)c([C@@H]2COCCN2)c1.Cl. The lowest BCUT2D eigenvalue weighted by molar-refractivity contribution is 0.0760. The molecular formula is C11H16ClNO3. The molecule has 2 rings (SSSR count). The summed E-state index contributed by atoms with van der Waals surface area (Å²) >= 11 is 0. The highest BCUT2D eigenvalue weighted by atomic mass is 35.5. The van der Waals surface area contributed by atoms with E-state index in [1.54, 1.807) is 19.2 Å². The maximum Gasteiger partial charge on any atom is 0.120 e. The molecule has 1 fully saturated rings. The fourth-order valence-electron chi connectivity index (χ4n) is 1.70. The lowest BCUT2D eigenvalue weighted by Crippen LogP contribution is -2.34. The first-order chi connectivity index (χ1) is 7.31. The van der Waals surface area contributed by atoms with Gasteiger partial charge in [0.1, 0.15) is 11.5 Å². The van der Waals surface area contributed by atoms with Crippen LogP contribution in [-0.2, 0) is 4.74 Å². The molecule has 0 bridgehead atoms. The van der Waals surface area contributed by atoms with Crippen molar-refractivity contribution in [1.29, 1.82) is 0 Å². The van der Waals surface area contributed by atoms with Crippen molar-refractivity contribution in [3.63, 3.8) is 0 Å². The van der Waals surface area contributed by atoms with Crippen LogP contribution in [0.15, 0.2) is 18.2 Å². The molecular weight excluding hydrogens is 230 g/mol. The summed E-state index contributed by atoms with van der Waals surface area (Å²) in [6, 6.07) is 5.27. The molecule has 1 saturated heterocycles. The summed E-state index contributed by atoms with van der Waals surface area (Å²) < 4.78 is 10.5. The molecule has 5 heteroatoms. The van der Waals surface area contributed by atoms with Crippen LogP contribution in [0.3, 0.4) is 0 Å². The van der Waals surface area contributed by atoms with Gasteiger partial charge >= 0.3 is 0 Å². The topological polar surface area (TPSA) is 50.7 Å². The fourth-order valence-corrected chi connectivity index (χ4v) is 1.70. The number of benzene rings is 1. The van der Waals surface area contributed by atoms with Crippen molar-refractivity contribution < 1.29 is 14.6 Å². The number of phenolic OH excluding ortho intramolecular Hbond substituents is 1. The Labute approximate surface area is 101 Å². The smallest absolute Gasteiger partial charge is 0.120 e. The molecule has 0 aliphatic carbocycles. The van der Waals surface area contributed by atoms with Crippen molar-refractivity contribution in [2.45, 2.75) is 6.04 Å². The van der Waals surface area contributed by atoms with Gasteiger partial charge in [-0.25, -0.2) is 0 Å². The standard InChI is InChI=1S/C11H15NO3.ClH/c1-14-8-2-3-11(13)9(6-8)10-7-15-5-4-12-10;/h2-3,6,10,12-13H,4-5,7H2,1H3;1H/t10-;/m0./s1. The zero-order chi connectivity index (χ0) is 10.7. The summed E-state index contributed by atoms with van der Waals surface area (Å²) in [6.07, 6.45) is 0. The Morgan fingerprint density at radius 3 is 2.94 bits per heavy atom. The van der Waals surface area contributed by atoms with E-state index in [-0.39, 0.29) is 24.2 Å². The second kappa shape index (κ2) is 5.94. The van der Waals surface area contributed by atoms with Gasteiger partial charge in [0.15, 0.2) is 0 Å². The van der Waals surface area contributed by atoms with Crippen LogP contribution >= 0.6 is 12.4 Å². The van der Waals surface area contributed by atoms with Crippen molar-refractivity contribution in [2.75, 3.05) is 26.9 Å². The minimum absolute atomic E-state index is 0. The van der Waals surface area contributed by atoms with E-state index in [2.05, 4.69) is 5.32 Å². The molecule has 90 valence electrons. The first-order valence-corrected chi connectivity index (χ1v) is 4.99. The number of halogens is 1. The largest absolute Gasteiger partial charge is 0.508 e. The van der Waals surface area contributed by atoms with Crippen LogP contribution in [0, 0.1) is 0 Å². The Bertz CT molecular complexity index is 340. The molecule has 1 aromatic carbocycles. The highest BCUT2D eigenvalue weighted by Gasteiger charge is 2.18. The van der Waals surface area contributed by atoms with Crippen LogP contribution in [0.5, 0.6) is 11.5 Å². The van der Waals surface area contributed by atoms with Gasteiger partial charge in [-0.1, -0.05) is 0 Å². The van der Waals surface area contributed by atoms with E-state index in [9.17, 15) is 5.11 Å². The number of nitrogens with one attached hydrogen (secondary N) is 1. The molecule has 1 atom stereocenters. The number of phenols is 1. The second-order valence-electron chi connectivity index (χ2n) is 3.51. The first-order valence-electron chi connectivity index (χ1n) is 4.99. The number of methoxy groups -OCH3 is 1. The summed E-state index contributed by atoms with van der Waals surface area (Å²) in [5, 5.41) is 13.0. The normalized spacial score (nSPS) is 19.9. The van der Waals surface area contributed by atoms with Crippen LogP contribution < -0.4 is 10.1 Å². The summed E-state index contributed by atoms with van der Waals surface area (Å²) in [4.78, 5) is 0. The minimum Gasteiger partial charge on any atom is -0.508 e. The Kier molecular flexibility index (Phi) is 4.86. The van der Waals surface area contributed by atoms with Gasteiger partial charge in [0.25, 0.3) is 0 Å². The van der Waals surface area contributed by atoms with E-state index in [0.717, 1.165) is 24.5 Å². The third-order valence-corrected chi connectivity index (χ3v) is 2.53. The van der Waals surface area contributed by atoms with Gasteiger partial charge < -0.3 is 19.9 Å². The molecule has 1 aliphatic rings. The van der Waals surface area contributed by atoms with E-state index in [4.69, 9.17) is 9.47 Å². The zero-order valence-electron chi connectivity index (χ0n) is 9.10. The van der Waals surface area contributed by atoms with Crippen molar-refractivity contribution in [2.24, 2.45) is 0 Å². The van der Waals surface area contributed by atoms with E-state index in [1.165, 1.54) is 0 Å². The third kappa shape index (κ3) is 2.78. The monoisotopic (exact) mass is 245 g/mol. The maximum absolute atomic E-state index is 9.73. The molecule has 1 heterocycles. The van der Waals surface area contributed by atoms with Crippen LogP contribution in [0.2, 0.25) is 0 Å². The predicted molar refractivity (Wildman–Crippen MR) is 63.5 cm³/mol. The number of hydrogen-bond acceptors (Lipinski definition) is 4. The molecule has 0 amide bonds. The molecule has 0 spiro atoms. The highest BCUT2D eigenvalue weighted by molar-refractivity contribution is 5.85. The Hall–Kier alpha value is -0.970. The minimum atomic E-state index is 0. The van der Waals surface area contributed by atoms with E-state index in [1.807, 2.05) is 6.07 Å². The Morgan fingerprint density at radius 2 is 2.31 bits per heavy atom. The van der Waals surface area contributed by atoms with Crippen LogP contribution in [0.1, 0.15) is 11.6 Å². The number of ether oxygens (including phenoxy) is 2. The van der Waals surface area contributed by atoms with Gasteiger partial charge in [-0.15, -0.1) is 12.4 Å². The summed E-state index contributed by atoms with van der Waals surface area (Å²) in [5.41, 5.74) is 0.828. The average Bonchev–Trinajstić information content (AvgIpc) is 2.31. The maximum atomic E-state index is 9.73. The van der Waals surface area contributed by atoms with Crippen LogP contribution in [0.4, 0.5) is 0 Å². The third-order valence-electron chi connectivity index (χ3n) is 2.53. The zero-order valence-corrected chi connectivity index (χ0v) is 9.92. The van der Waals surface area contributed by atoms with Gasteiger partial charge in [0.05, 0.1) is 26.4 Å². The van der Waals surface area contributed by atoms with E-state index in [0.29, 0.717) is 6.61 Å². The van der Waals surface area contributed by atoms with Gasteiger partial charge in [0, 0.05) is 12.1 Å². The quantitative estimate of drug-likeness (QED) is 0.829. The highest BCUT2D eigenvalue weighted by Crippen LogP contribution is 2.29. The van der Waals surface area contributed by atoms with Gasteiger partial charge in [0.2, 0.25) is 0 Å². The number of morpholine rings is 1. The van der Waals surface area contributed by atoms with E-state index >= 15 is 0 Å². The summed E-state index contributed by atoms with van der Waals surface area (Å²) in [6.45, 7) is 2.11. The summed E-state index contributed by atoms with van der Waals surface area (Å²) in [7, 11) is 1.61. The second-order valence-corrected chi connectivity index (χ2v) is 3.51. The van der Waals surface area contributed by atoms with Crippen molar-refractivity contribution >= 4 is 12.4 Å². The molecule has 16 heavy (non-hydrogen) atoms. The molecule has 0 aromatic heterocycles. The van der Waals surface area contributed by atoms with Gasteiger partial charge in [-0.3, -0.25) is 0 Å². The molecule has 2 N–H and O–H groups in total. The summed E-state index contributed by atoms with van der Waals surface area (Å²) in [5.74, 6) is 1.02. The van der Waals surface area contributed by atoms with Crippen molar-refractivity contribution in [3.8, 4) is 11.5 Å². The predicted octanol–water partition coefficient (Wildman–Crippen LogP) is 1.48. The number of hydrogen-bond donors (Lipinski definition) is 2. The molecule has 0 radical (unpaired) electrons. The van der Waals surface area contributed by atoms with Gasteiger partial charge in [-0.05, 0) is 18.2 Å². The Balaban J connectivity index is 0.00000128. The molecule has 1 aromatic rings. The van der Waals surface area contributed by atoms with Gasteiger partial charge in [-0.2, -0.15) is 0 Å². The average molecular weight is 246 g/mol. The van der Waals surface area contributed by atoms with Crippen LogP contribution in [0.25, 0.3) is 0 Å². The van der Waals surface area contributed by atoms with Crippen molar-refractivity contribution in [1.82, 2.24) is 5.32 Å². The lowest BCUT2D eigenvalue weighted by Gasteiger charge is -2.25. The molecule has 1 aliphatic heterocycles. The molecule has 4 nitrogen and oxygen atoms in total. The lowest BCUT2D eigenvalue weighted by atomic mass is 10.1. The Morgan fingerprint density at radius 1 is 1.50 bits per heavy atom. The van der Waals surface area contributed by atoms with E-state index < -0.39 is 0 Å². The number of aromatic hydroxyl groups is 1. The fraction of sp³-hybridized carbons (Fsp3) is 0.455. The van der Waals surface area contributed by atoms with Crippen LogP contribution in [-0.4, -0.2) is 32.0 Å². The van der Waals surface area contributed by atoms with Crippen molar-refractivity contribution in [3.05, 3.63) is 23.8 Å². The first kappa shape index (κ1) is 13.1. The number of rotatable bonds is 2. The molecule has 0 saturated carbocycles. The molecule has 0 unspecified atom stereocenters.